The number of anilines is 2. The molecule has 2 aliphatic heterocycles. The van der Waals surface area contributed by atoms with Gasteiger partial charge in [-0.15, -0.1) is 0 Å². The molecule has 2 N–H and O–H groups in total. The average molecular weight is 499 g/mol. The fourth-order valence-electron chi connectivity index (χ4n) is 4.20. The number of carbonyl (C=O) groups excluding carboxylic acids is 3. The van der Waals surface area contributed by atoms with Crippen molar-refractivity contribution in [3.8, 4) is 0 Å². The molecule has 1 atom stereocenters. The Bertz CT molecular complexity index is 1010. The lowest BCUT2D eigenvalue weighted by Crippen LogP contribution is -2.49. The number of rotatable bonds is 4. The number of likely N-dealkylation sites (tertiary alicyclic amines) is 1. The zero-order chi connectivity index (χ0) is 22.7. The van der Waals surface area contributed by atoms with E-state index in [1.54, 1.807) is 9.80 Å². The summed E-state index contributed by atoms with van der Waals surface area (Å²) >= 11 is 3.48. The lowest BCUT2D eigenvalue weighted by atomic mass is 10.0. The zero-order valence-electron chi connectivity index (χ0n) is 18.0. The first-order valence-corrected chi connectivity index (χ1v) is 11.7. The molecule has 168 valence electrons. The third-order valence-corrected chi connectivity index (χ3v) is 6.99. The highest BCUT2D eigenvalue weighted by atomic mass is 79.9. The molecule has 2 aromatic rings. The van der Waals surface area contributed by atoms with E-state index in [4.69, 9.17) is 0 Å². The van der Waals surface area contributed by atoms with Gasteiger partial charge in [0.1, 0.15) is 0 Å². The SMILES string of the molecule is Cc1cc(N2CC(C(=O)NC3CCN(C(=O)Nc4ccccc4)CC3)CC2=O)ccc1Br. The molecule has 0 radical (unpaired) electrons. The van der Waals surface area contributed by atoms with Gasteiger partial charge < -0.3 is 20.4 Å². The summed E-state index contributed by atoms with van der Waals surface area (Å²) in [6, 6.07) is 15.0. The minimum Gasteiger partial charge on any atom is -0.353 e. The van der Waals surface area contributed by atoms with Gasteiger partial charge in [-0.3, -0.25) is 9.59 Å². The van der Waals surface area contributed by atoms with Crippen LogP contribution >= 0.6 is 15.9 Å². The topological polar surface area (TPSA) is 81.8 Å². The molecule has 4 amide bonds. The summed E-state index contributed by atoms with van der Waals surface area (Å²) in [5.41, 5.74) is 2.64. The van der Waals surface area contributed by atoms with Gasteiger partial charge in [-0.2, -0.15) is 0 Å². The van der Waals surface area contributed by atoms with Gasteiger partial charge >= 0.3 is 6.03 Å². The third kappa shape index (κ3) is 5.12. The first-order chi connectivity index (χ1) is 15.4. The van der Waals surface area contributed by atoms with Crippen molar-refractivity contribution in [2.45, 2.75) is 32.2 Å². The van der Waals surface area contributed by atoms with Gasteiger partial charge in [-0.25, -0.2) is 4.79 Å². The Morgan fingerprint density at radius 2 is 1.78 bits per heavy atom. The number of benzene rings is 2. The predicted molar refractivity (Wildman–Crippen MR) is 128 cm³/mol. The van der Waals surface area contributed by atoms with Crippen molar-refractivity contribution in [1.82, 2.24) is 10.2 Å². The number of nitrogens with zero attached hydrogens (tertiary/aromatic N) is 2. The second kappa shape index (κ2) is 9.73. The van der Waals surface area contributed by atoms with Crippen LogP contribution in [0.15, 0.2) is 53.0 Å². The monoisotopic (exact) mass is 498 g/mol. The van der Waals surface area contributed by atoms with Crippen LogP contribution in [0.5, 0.6) is 0 Å². The van der Waals surface area contributed by atoms with Crippen LogP contribution in [0.3, 0.4) is 0 Å². The van der Waals surface area contributed by atoms with E-state index in [2.05, 4.69) is 26.6 Å². The van der Waals surface area contributed by atoms with Gasteiger partial charge in [0, 0.05) is 47.9 Å². The normalized spacial score (nSPS) is 19.2. The van der Waals surface area contributed by atoms with E-state index in [1.807, 2.05) is 55.5 Å². The van der Waals surface area contributed by atoms with Crippen LogP contribution in [-0.2, 0) is 9.59 Å². The Kier molecular flexibility index (Phi) is 6.79. The molecule has 2 fully saturated rings. The first kappa shape index (κ1) is 22.3. The summed E-state index contributed by atoms with van der Waals surface area (Å²) < 4.78 is 0.992. The van der Waals surface area contributed by atoms with Crippen molar-refractivity contribution < 1.29 is 14.4 Å². The van der Waals surface area contributed by atoms with Crippen LogP contribution in [0.25, 0.3) is 0 Å². The lowest BCUT2D eigenvalue weighted by molar-refractivity contribution is -0.127. The van der Waals surface area contributed by atoms with E-state index < -0.39 is 0 Å². The summed E-state index contributed by atoms with van der Waals surface area (Å²) in [5, 5.41) is 6.00. The second-order valence-electron chi connectivity index (χ2n) is 8.40. The van der Waals surface area contributed by atoms with Crippen molar-refractivity contribution in [1.29, 1.82) is 0 Å². The van der Waals surface area contributed by atoms with E-state index in [9.17, 15) is 14.4 Å². The van der Waals surface area contributed by atoms with Gasteiger partial charge in [-0.1, -0.05) is 34.1 Å². The van der Waals surface area contributed by atoms with Crippen LogP contribution in [0.2, 0.25) is 0 Å². The fraction of sp³-hybridized carbons (Fsp3) is 0.375. The van der Waals surface area contributed by atoms with Crippen molar-refractivity contribution in [2.75, 3.05) is 29.9 Å². The highest BCUT2D eigenvalue weighted by Gasteiger charge is 2.36. The van der Waals surface area contributed by atoms with Crippen LogP contribution in [-0.4, -0.2) is 48.4 Å². The Morgan fingerprint density at radius 3 is 2.47 bits per heavy atom. The van der Waals surface area contributed by atoms with Crippen molar-refractivity contribution >= 4 is 45.2 Å². The molecule has 0 spiro atoms. The number of amides is 4. The maximum atomic E-state index is 12.8. The van der Waals surface area contributed by atoms with Crippen LogP contribution in [0, 0.1) is 12.8 Å². The van der Waals surface area contributed by atoms with E-state index in [0.29, 0.717) is 32.5 Å². The molecule has 4 rings (SSSR count). The van der Waals surface area contributed by atoms with E-state index in [0.717, 1.165) is 21.4 Å². The number of hydrogen-bond donors (Lipinski definition) is 2. The van der Waals surface area contributed by atoms with Gasteiger partial charge in [-0.05, 0) is 55.7 Å². The third-order valence-electron chi connectivity index (χ3n) is 6.10. The molecule has 2 aliphatic rings. The molecule has 8 heteroatoms. The summed E-state index contributed by atoms with van der Waals surface area (Å²) in [4.78, 5) is 41.3. The quantitative estimate of drug-likeness (QED) is 0.669. The second-order valence-corrected chi connectivity index (χ2v) is 9.26. The van der Waals surface area contributed by atoms with Crippen LogP contribution in [0.4, 0.5) is 16.2 Å². The Morgan fingerprint density at radius 1 is 1.06 bits per heavy atom. The Labute approximate surface area is 196 Å². The Hall–Kier alpha value is -2.87. The predicted octanol–water partition coefficient (Wildman–Crippen LogP) is 3.92. The standard InChI is InChI=1S/C24H27BrN4O3/c1-16-13-20(7-8-21(16)25)29-15-17(14-22(29)30)23(31)26-19-9-11-28(12-10-19)24(32)27-18-5-3-2-4-6-18/h2-8,13,17,19H,9-12,14-15H2,1H3,(H,26,31)(H,27,32). The van der Waals surface area contributed by atoms with Gasteiger partial charge in [0.25, 0.3) is 0 Å². The highest BCUT2D eigenvalue weighted by molar-refractivity contribution is 9.10. The molecule has 0 bridgehead atoms. The summed E-state index contributed by atoms with van der Waals surface area (Å²) in [6.07, 6.45) is 1.62. The summed E-state index contributed by atoms with van der Waals surface area (Å²) in [7, 11) is 0. The van der Waals surface area contributed by atoms with E-state index >= 15 is 0 Å². The molecule has 0 aliphatic carbocycles. The number of carbonyl (C=O) groups is 3. The molecule has 1 unspecified atom stereocenters. The number of aryl methyl sites for hydroxylation is 1. The van der Waals surface area contributed by atoms with Crippen molar-refractivity contribution in [3.05, 3.63) is 58.6 Å². The molecule has 2 aromatic carbocycles. The van der Waals surface area contributed by atoms with Gasteiger partial charge in [0.2, 0.25) is 11.8 Å². The van der Waals surface area contributed by atoms with E-state index in [1.165, 1.54) is 0 Å². The fourth-order valence-corrected chi connectivity index (χ4v) is 4.45. The maximum Gasteiger partial charge on any atom is 0.321 e. The van der Waals surface area contributed by atoms with Crippen LogP contribution in [0.1, 0.15) is 24.8 Å². The molecular formula is C24H27BrN4O3. The molecule has 32 heavy (non-hydrogen) atoms. The zero-order valence-corrected chi connectivity index (χ0v) is 19.6. The van der Waals surface area contributed by atoms with Gasteiger partial charge in [0.05, 0.1) is 5.92 Å². The lowest BCUT2D eigenvalue weighted by Gasteiger charge is -2.32. The average Bonchev–Trinajstić information content (AvgIpc) is 3.18. The van der Waals surface area contributed by atoms with Crippen LogP contribution < -0.4 is 15.5 Å². The van der Waals surface area contributed by atoms with Crippen molar-refractivity contribution in [3.63, 3.8) is 0 Å². The number of hydrogen-bond acceptors (Lipinski definition) is 3. The molecule has 2 heterocycles. The van der Waals surface area contributed by atoms with E-state index in [-0.39, 0.29) is 36.2 Å². The first-order valence-electron chi connectivity index (χ1n) is 10.9. The maximum absolute atomic E-state index is 12.8. The number of nitrogens with one attached hydrogen (secondary N) is 2. The molecule has 2 saturated heterocycles. The molecule has 0 aromatic heterocycles. The van der Waals surface area contributed by atoms with Gasteiger partial charge in [0.15, 0.2) is 0 Å². The van der Waals surface area contributed by atoms with Crippen molar-refractivity contribution in [2.24, 2.45) is 5.92 Å². The molecular weight excluding hydrogens is 472 g/mol. The minimum atomic E-state index is -0.356. The molecule has 7 nitrogen and oxygen atoms in total. The summed E-state index contributed by atoms with van der Waals surface area (Å²) in [5.74, 6) is -0.466. The Balaban J connectivity index is 1.26. The number of urea groups is 1. The highest BCUT2D eigenvalue weighted by Crippen LogP contribution is 2.29. The number of halogens is 1. The number of para-hydroxylation sites is 1. The summed E-state index contributed by atoms with van der Waals surface area (Å²) in [6.45, 7) is 3.53. The largest absolute Gasteiger partial charge is 0.353 e. The minimum absolute atomic E-state index is 0.0161. The number of piperidine rings is 1. The smallest absolute Gasteiger partial charge is 0.321 e. The molecule has 0 saturated carbocycles.